The maximum absolute atomic E-state index is 12.3. The molecule has 1 atom stereocenters. The molecule has 0 amide bonds. The van der Waals surface area contributed by atoms with Gasteiger partial charge in [-0.1, -0.05) is 32.9 Å². The molecule has 20 heavy (non-hydrogen) atoms. The predicted molar refractivity (Wildman–Crippen MR) is 83.0 cm³/mol. The molecule has 0 aliphatic rings. The number of fused-ring (bicyclic) bond motifs is 1. The van der Waals surface area contributed by atoms with E-state index in [1.165, 1.54) is 0 Å². The fourth-order valence-electron chi connectivity index (χ4n) is 2.31. The molecule has 0 aliphatic heterocycles. The van der Waals surface area contributed by atoms with Crippen LogP contribution in [-0.4, -0.2) is 22.1 Å². The van der Waals surface area contributed by atoms with Gasteiger partial charge in [-0.2, -0.15) is 0 Å². The third-order valence-corrected chi connectivity index (χ3v) is 3.38. The first-order valence-corrected chi connectivity index (χ1v) is 7.18. The summed E-state index contributed by atoms with van der Waals surface area (Å²) in [6.45, 7) is 9.81. The smallest absolute Gasteiger partial charge is 0.272 e. The second kappa shape index (κ2) is 6.18. The number of hydrogen-bond acceptors (Lipinski definition) is 3. The summed E-state index contributed by atoms with van der Waals surface area (Å²) < 4.78 is 1.85. The molecule has 1 N–H and O–H groups in total. The lowest BCUT2D eigenvalue weighted by atomic mass is 10.1. The lowest BCUT2D eigenvalue weighted by molar-refractivity contribution is 0.425. The molecule has 0 bridgehead atoms. The first kappa shape index (κ1) is 14.7. The van der Waals surface area contributed by atoms with E-state index in [1.807, 2.05) is 28.8 Å². The van der Waals surface area contributed by atoms with Gasteiger partial charge in [0.05, 0.1) is 11.0 Å². The molecule has 0 fully saturated rings. The third kappa shape index (κ3) is 3.25. The van der Waals surface area contributed by atoms with Crippen LogP contribution >= 0.6 is 0 Å². The number of hydrogen-bond donors (Lipinski definition) is 1. The van der Waals surface area contributed by atoms with Crippen LogP contribution in [0.15, 0.2) is 29.1 Å². The normalized spacial score (nSPS) is 13.1. The Kier molecular flexibility index (Phi) is 4.55. The topological polar surface area (TPSA) is 46.9 Å². The Hall–Kier alpha value is -1.68. The van der Waals surface area contributed by atoms with Crippen LogP contribution in [0.3, 0.4) is 0 Å². The van der Waals surface area contributed by atoms with Crippen molar-refractivity contribution >= 4 is 11.0 Å². The van der Waals surface area contributed by atoms with E-state index in [2.05, 4.69) is 31.1 Å². The zero-order valence-electron chi connectivity index (χ0n) is 12.7. The summed E-state index contributed by atoms with van der Waals surface area (Å²) in [5.74, 6) is 0.389. The van der Waals surface area contributed by atoms with Crippen LogP contribution in [0.5, 0.6) is 0 Å². The Morgan fingerprint density at radius 1 is 1.25 bits per heavy atom. The average Bonchev–Trinajstić information content (AvgIpc) is 2.41. The molecule has 1 unspecified atom stereocenters. The fraction of sp³-hybridized carbons (Fsp3) is 0.500. The van der Waals surface area contributed by atoms with Gasteiger partial charge >= 0.3 is 0 Å². The molecule has 4 nitrogen and oxygen atoms in total. The van der Waals surface area contributed by atoms with Crippen molar-refractivity contribution in [3.63, 3.8) is 0 Å². The Labute approximate surface area is 119 Å². The van der Waals surface area contributed by atoms with Gasteiger partial charge in [0.1, 0.15) is 5.69 Å². The monoisotopic (exact) mass is 273 g/mol. The standard InChI is InChI=1S/C16H23N3O/c1-11(2)17-9-12(3)10-19-15-8-6-5-7-14(15)18-13(4)16(19)20/h5-8,11-12,17H,9-10H2,1-4H3. The molecule has 108 valence electrons. The zero-order chi connectivity index (χ0) is 14.7. The molecule has 1 aromatic carbocycles. The van der Waals surface area contributed by atoms with Crippen molar-refractivity contribution in [1.29, 1.82) is 0 Å². The van der Waals surface area contributed by atoms with E-state index in [0.717, 1.165) is 17.6 Å². The van der Waals surface area contributed by atoms with Crippen LogP contribution in [0.4, 0.5) is 0 Å². The molecule has 2 rings (SSSR count). The van der Waals surface area contributed by atoms with E-state index in [1.54, 1.807) is 6.92 Å². The average molecular weight is 273 g/mol. The molecule has 0 saturated heterocycles. The number of benzene rings is 1. The first-order chi connectivity index (χ1) is 9.49. The molecule has 0 saturated carbocycles. The van der Waals surface area contributed by atoms with Gasteiger partial charge in [0.25, 0.3) is 5.56 Å². The molecule has 0 spiro atoms. The van der Waals surface area contributed by atoms with Crippen molar-refractivity contribution in [2.45, 2.75) is 40.3 Å². The predicted octanol–water partition coefficient (Wildman–Crippen LogP) is 2.34. The van der Waals surface area contributed by atoms with Crippen molar-refractivity contribution in [2.24, 2.45) is 5.92 Å². The zero-order valence-corrected chi connectivity index (χ0v) is 12.7. The summed E-state index contributed by atoms with van der Waals surface area (Å²) in [6, 6.07) is 8.28. The van der Waals surface area contributed by atoms with Gasteiger partial charge in [-0.25, -0.2) is 4.98 Å². The van der Waals surface area contributed by atoms with E-state index in [4.69, 9.17) is 0 Å². The van der Waals surface area contributed by atoms with Crippen LogP contribution in [-0.2, 0) is 6.54 Å². The van der Waals surface area contributed by atoms with E-state index >= 15 is 0 Å². The van der Waals surface area contributed by atoms with Crippen molar-refractivity contribution in [2.75, 3.05) is 6.54 Å². The summed E-state index contributed by atoms with van der Waals surface area (Å²) in [7, 11) is 0. The van der Waals surface area contributed by atoms with Crippen molar-refractivity contribution in [3.05, 3.63) is 40.3 Å². The van der Waals surface area contributed by atoms with Crippen LogP contribution in [0.2, 0.25) is 0 Å². The van der Waals surface area contributed by atoms with Gasteiger partial charge in [0, 0.05) is 12.6 Å². The lowest BCUT2D eigenvalue weighted by Crippen LogP contribution is -2.33. The Morgan fingerprint density at radius 2 is 1.95 bits per heavy atom. The molecule has 0 radical (unpaired) electrons. The molecular weight excluding hydrogens is 250 g/mol. The third-order valence-electron chi connectivity index (χ3n) is 3.38. The fourth-order valence-corrected chi connectivity index (χ4v) is 2.31. The van der Waals surface area contributed by atoms with Gasteiger partial charge in [0.15, 0.2) is 0 Å². The summed E-state index contributed by atoms with van der Waals surface area (Å²) in [5, 5.41) is 3.42. The summed E-state index contributed by atoms with van der Waals surface area (Å²) >= 11 is 0. The van der Waals surface area contributed by atoms with E-state index in [0.29, 0.717) is 24.2 Å². The van der Waals surface area contributed by atoms with Gasteiger partial charge in [0.2, 0.25) is 0 Å². The molecule has 1 aromatic heterocycles. The highest BCUT2D eigenvalue weighted by Crippen LogP contribution is 2.11. The number of aryl methyl sites for hydroxylation is 1. The number of para-hydroxylation sites is 2. The minimum Gasteiger partial charge on any atom is -0.314 e. The van der Waals surface area contributed by atoms with Crippen LogP contribution < -0.4 is 10.9 Å². The quantitative estimate of drug-likeness (QED) is 0.909. The van der Waals surface area contributed by atoms with Crippen LogP contribution in [0, 0.1) is 12.8 Å². The molecule has 0 aliphatic carbocycles. The highest BCUT2D eigenvalue weighted by atomic mass is 16.1. The molecule has 4 heteroatoms. The minimum absolute atomic E-state index is 0.0140. The summed E-state index contributed by atoms with van der Waals surface area (Å²) in [5.41, 5.74) is 2.38. The van der Waals surface area contributed by atoms with Crippen LogP contribution in [0.1, 0.15) is 26.5 Å². The van der Waals surface area contributed by atoms with Crippen LogP contribution in [0.25, 0.3) is 11.0 Å². The summed E-state index contributed by atoms with van der Waals surface area (Å²) in [6.07, 6.45) is 0. The van der Waals surface area contributed by atoms with Gasteiger partial charge in [-0.05, 0) is 31.5 Å². The molecule has 1 heterocycles. The van der Waals surface area contributed by atoms with E-state index in [-0.39, 0.29) is 5.56 Å². The van der Waals surface area contributed by atoms with Gasteiger partial charge < -0.3 is 9.88 Å². The second-order valence-electron chi connectivity index (χ2n) is 5.77. The Bertz CT molecular complexity index is 646. The Balaban J connectivity index is 2.33. The summed E-state index contributed by atoms with van der Waals surface area (Å²) in [4.78, 5) is 16.7. The van der Waals surface area contributed by atoms with Gasteiger partial charge in [-0.3, -0.25) is 4.79 Å². The maximum atomic E-state index is 12.3. The maximum Gasteiger partial charge on any atom is 0.272 e. The van der Waals surface area contributed by atoms with Crippen molar-refractivity contribution in [3.8, 4) is 0 Å². The lowest BCUT2D eigenvalue weighted by Gasteiger charge is -2.18. The number of rotatable bonds is 5. The highest BCUT2D eigenvalue weighted by molar-refractivity contribution is 5.74. The number of aromatic nitrogens is 2. The second-order valence-corrected chi connectivity index (χ2v) is 5.77. The minimum atomic E-state index is 0.0140. The van der Waals surface area contributed by atoms with Gasteiger partial charge in [-0.15, -0.1) is 0 Å². The first-order valence-electron chi connectivity index (χ1n) is 7.18. The highest BCUT2D eigenvalue weighted by Gasteiger charge is 2.11. The Morgan fingerprint density at radius 3 is 2.65 bits per heavy atom. The molecular formula is C16H23N3O. The number of nitrogens with zero attached hydrogens (tertiary/aromatic N) is 2. The van der Waals surface area contributed by atoms with Crippen molar-refractivity contribution < 1.29 is 0 Å². The largest absolute Gasteiger partial charge is 0.314 e. The van der Waals surface area contributed by atoms with E-state index < -0.39 is 0 Å². The van der Waals surface area contributed by atoms with E-state index in [9.17, 15) is 4.79 Å². The SMILES string of the molecule is Cc1nc2ccccc2n(CC(C)CNC(C)C)c1=O. The molecule has 2 aromatic rings. The number of nitrogens with one attached hydrogen (secondary N) is 1. The van der Waals surface area contributed by atoms with Crippen molar-refractivity contribution in [1.82, 2.24) is 14.9 Å².